The van der Waals surface area contributed by atoms with Crippen LogP contribution in [0.2, 0.25) is 0 Å². The first-order valence-electron chi connectivity index (χ1n) is 11.3. The van der Waals surface area contributed by atoms with E-state index in [4.69, 9.17) is 4.98 Å². The van der Waals surface area contributed by atoms with Crippen LogP contribution in [0.25, 0.3) is 21.0 Å². The second kappa shape index (κ2) is 8.82. The van der Waals surface area contributed by atoms with Crippen LogP contribution >= 0.6 is 11.3 Å². The molecule has 0 saturated carbocycles. The minimum absolute atomic E-state index is 0.0998. The Morgan fingerprint density at radius 2 is 1.91 bits per heavy atom. The van der Waals surface area contributed by atoms with Gasteiger partial charge in [0.2, 0.25) is 0 Å². The molecular formula is C25H26N4O2S. The Balaban J connectivity index is 1.48. The van der Waals surface area contributed by atoms with Gasteiger partial charge in [-0.05, 0) is 37.5 Å². The van der Waals surface area contributed by atoms with Gasteiger partial charge in [-0.15, -0.1) is 11.3 Å². The number of thiazole rings is 1. The molecule has 1 saturated heterocycles. The maximum atomic E-state index is 13.6. The Hall–Kier alpha value is -3.06. The molecule has 4 aromatic rings. The zero-order valence-electron chi connectivity index (χ0n) is 18.2. The van der Waals surface area contributed by atoms with Gasteiger partial charge in [0.05, 0.1) is 20.6 Å². The average molecular weight is 447 g/mol. The van der Waals surface area contributed by atoms with E-state index < -0.39 is 0 Å². The number of hydrogen-bond acceptors (Lipinski definition) is 5. The summed E-state index contributed by atoms with van der Waals surface area (Å²) in [5.74, 6) is 0.125. The number of para-hydroxylation sites is 1. The molecule has 1 aliphatic heterocycles. The molecule has 1 aliphatic rings. The second-order valence-corrected chi connectivity index (χ2v) is 9.45. The Labute approximate surface area is 190 Å². The summed E-state index contributed by atoms with van der Waals surface area (Å²) in [6.45, 7) is 3.93. The number of nitrogens with zero attached hydrogens (tertiary/aromatic N) is 4. The maximum Gasteiger partial charge on any atom is 0.274 e. The molecule has 3 heterocycles. The number of carbonyl (C=O) groups excluding carboxylic acids is 1. The molecule has 32 heavy (non-hydrogen) atoms. The number of carbonyl (C=O) groups is 1. The number of hydrogen-bond donors (Lipinski definition) is 0. The quantitative estimate of drug-likeness (QED) is 0.441. The summed E-state index contributed by atoms with van der Waals surface area (Å²) in [6, 6.07) is 15.5. The molecule has 5 rings (SSSR count). The summed E-state index contributed by atoms with van der Waals surface area (Å²) in [5, 5.41) is 6.83. The molecule has 2 aromatic carbocycles. The first kappa shape index (κ1) is 20.8. The highest BCUT2D eigenvalue weighted by Gasteiger charge is 2.29. The summed E-state index contributed by atoms with van der Waals surface area (Å²) in [5.41, 5.74) is 1.27. The Morgan fingerprint density at radius 1 is 1.12 bits per heavy atom. The van der Waals surface area contributed by atoms with Gasteiger partial charge >= 0.3 is 0 Å². The lowest BCUT2D eigenvalue weighted by Crippen LogP contribution is -2.40. The van der Waals surface area contributed by atoms with E-state index in [1.165, 1.54) is 9.38 Å². The van der Waals surface area contributed by atoms with Crippen LogP contribution in [0.15, 0.2) is 53.3 Å². The lowest BCUT2D eigenvalue weighted by atomic mass is 9.98. The molecule has 1 amide bonds. The van der Waals surface area contributed by atoms with Gasteiger partial charge in [-0.3, -0.25) is 9.59 Å². The lowest BCUT2D eigenvalue weighted by Gasteiger charge is -2.31. The Bertz CT molecular complexity index is 1310. The third-order valence-electron chi connectivity index (χ3n) is 6.16. The van der Waals surface area contributed by atoms with Gasteiger partial charge in [0.1, 0.15) is 0 Å². The third kappa shape index (κ3) is 3.81. The number of amides is 1. The molecule has 0 bridgehead atoms. The van der Waals surface area contributed by atoms with E-state index in [0.717, 1.165) is 36.2 Å². The molecule has 1 fully saturated rings. The number of fused-ring (bicyclic) bond motifs is 2. The van der Waals surface area contributed by atoms with Crippen molar-refractivity contribution < 1.29 is 4.79 Å². The van der Waals surface area contributed by atoms with Gasteiger partial charge in [-0.25, -0.2) is 9.67 Å². The van der Waals surface area contributed by atoms with E-state index in [2.05, 4.69) is 18.1 Å². The molecule has 0 aliphatic carbocycles. The van der Waals surface area contributed by atoms with Gasteiger partial charge in [-0.2, -0.15) is 5.10 Å². The maximum absolute atomic E-state index is 13.6. The minimum atomic E-state index is -0.128. The van der Waals surface area contributed by atoms with Crippen molar-refractivity contribution in [1.82, 2.24) is 19.7 Å². The smallest absolute Gasteiger partial charge is 0.274 e. The number of benzene rings is 2. The molecule has 0 N–H and O–H groups in total. The van der Waals surface area contributed by atoms with Gasteiger partial charge in [0.15, 0.2) is 5.69 Å². The molecule has 0 spiro atoms. The first-order valence-corrected chi connectivity index (χ1v) is 12.1. The molecule has 0 unspecified atom stereocenters. The topological polar surface area (TPSA) is 68.1 Å². The third-order valence-corrected chi connectivity index (χ3v) is 7.36. The predicted molar refractivity (Wildman–Crippen MR) is 128 cm³/mol. The predicted octanol–water partition coefficient (Wildman–Crippen LogP) is 4.83. The largest absolute Gasteiger partial charge is 0.337 e. The zero-order chi connectivity index (χ0) is 22.1. The van der Waals surface area contributed by atoms with E-state index in [1.54, 1.807) is 17.4 Å². The monoisotopic (exact) mass is 446 g/mol. The SMILES string of the molecule is CCCCn1nc(C(=O)N2CCC[C@H](c3nc4ccccc4s3)C2)c2ccccc2c1=O. The highest BCUT2D eigenvalue weighted by molar-refractivity contribution is 7.18. The van der Waals surface area contributed by atoms with Crippen LogP contribution in [0.3, 0.4) is 0 Å². The van der Waals surface area contributed by atoms with E-state index in [9.17, 15) is 9.59 Å². The highest BCUT2D eigenvalue weighted by Crippen LogP contribution is 2.33. The van der Waals surface area contributed by atoms with Crippen molar-refractivity contribution in [3.8, 4) is 0 Å². The van der Waals surface area contributed by atoms with Gasteiger partial charge in [0, 0.05) is 30.9 Å². The summed E-state index contributed by atoms with van der Waals surface area (Å²) in [4.78, 5) is 33.2. The van der Waals surface area contributed by atoms with E-state index >= 15 is 0 Å². The number of aryl methyl sites for hydroxylation is 1. The summed E-state index contributed by atoms with van der Waals surface area (Å²) in [6.07, 6.45) is 3.76. The number of unbranched alkanes of at least 4 members (excludes halogenated alkanes) is 1. The molecule has 7 heteroatoms. The Morgan fingerprint density at radius 3 is 2.72 bits per heavy atom. The number of likely N-dealkylation sites (tertiary alicyclic amines) is 1. The molecule has 6 nitrogen and oxygen atoms in total. The molecule has 1 atom stereocenters. The average Bonchev–Trinajstić information content (AvgIpc) is 3.28. The van der Waals surface area contributed by atoms with Crippen molar-refractivity contribution in [2.45, 2.75) is 45.1 Å². The van der Waals surface area contributed by atoms with Crippen LogP contribution in [-0.4, -0.2) is 38.7 Å². The van der Waals surface area contributed by atoms with Gasteiger partial charge in [-0.1, -0.05) is 43.7 Å². The number of piperidine rings is 1. The highest BCUT2D eigenvalue weighted by atomic mass is 32.1. The van der Waals surface area contributed by atoms with Crippen LogP contribution in [0.1, 0.15) is 54.0 Å². The van der Waals surface area contributed by atoms with Gasteiger partial charge < -0.3 is 4.90 Å². The Kier molecular flexibility index (Phi) is 5.74. The molecule has 2 aromatic heterocycles. The van der Waals surface area contributed by atoms with Gasteiger partial charge in [0.25, 0.3) is 11.5 Å². The normalized spacial score (nSPS) is 16.7. The first-order chi connectivity index (χ1) is 15.7. The second-order valence-electron chi connectivity index (χ2n) is 8.39. The minimum Gasteiger partial charge on any atom is -0.337 e. The van der Waals surface area contributed by atoms with Crippen molar-refractivity contribution in [1.29, 1.82) is 0 Å². The molecule has 164 valence electrons. The fourth-order valence-electron chi connectivity index (χ4n) is 4.43. The van der Waals surface area contributed by atoms with Crippen molar-refractivity contribution in [3.05, 3.63) is 69.6 Å². The van der Waals surface area contributed by atoms with E-state index in [-0.39, 0.29) is 17.4 Å². The van der Waals surface area contributed by atoms with Crippen LogP contribution in [0.4, 0.5) is 0 Å². The fraction of sp³-hybridized carbons (Fsp3) is 0.360. The number of aromatic nitrogens is 3. The lowest BCUT2D eigenvalue weighted by molar-refractivity contribution is 0.0700. The summed E-state index contributed by atoms with van der Waals surface area (Å²) in [7, 11) is 0. The van der Waals surface area contributed by atoms with Crippen molar-refractivity contribution in [3.63, 3.8) is 0 Å². The van der Waals surface area contributed by atoms with Crippen LogP contribution in [0, 0.1) is 0 Å². The van der Waals surface area contributed by atoms with E-state index in [1.807, 2.05) is 41.3 Å². The van der Waals surface area contributed by atoms with Crippen LogP contribution in [-0.2, 0) is 6.54 Å². The van der Waals surface area contributed by atoms with E-state index in [0.29, 0.717) is 36.1 Å². The molecular weight excluding hydrogens is 420 g/mol. The van der Waals surface area contributed by atoms with Crippen LogP contribution < -0.4 is 5.56 Å². The molecule has 0 radical (unpaired) electrons. The summed E-state index contributed by atoms with van der Waals surface area (Å²) < 4.78 is 2.65. The van der Waals surface area contributed by atoms with Crippen LogP contribution in [0.5, 0.6) is 0 Å². The standard InChI is InChI=1S/C25H26N4O2S/c1-2-3-15-29-24(30)19-11-5-4-10-18(19)22(27-29)25(31)28-14-8-9-17(16-28)23-26-20-12-6-7-13-21(20)32-23/h4-7,10-13,17H,2-3,8-9,14-16H2,1H3/t17-/m0/s1. The zero-order valence-corrected chi connectivity index (χ0v) is 19.0. The fourth-order valence-corrected chi connectivity index (χ4v) is 5.52. The van der Waals surface area contributed by atoms with Crippen molar-refractivity contribution in [2.75, 3.05) is 13.1 Å². The number of rotatable bonds is 5. The van der Waals surface area contributed by atoms with Crippen molar-refractivity contribution in [2.24, 2.45) is 0 Å². The van der Waals surface area contributed by atoms with Crippen molar-refractivity contribution >= 4 is 38.2 Å². The summed E-state index contributed by atoms with van der Waals surface area (Å²) >= 11 is 1.72.